The topological polar surface area (TPSA) is 29.5 Å². The highest BCUT2D eigenvalue weighted by Gasteiger charge is 2.23. The smallest absolute Gasteiger partial charge is 0.414 e. The molecule has 0 saturated carbocycles. The fraction of sp³-hybridized carbons (Fsp3) is 0.615. The molecule has 0 bridgehead atoms. The Morgan fingerprint density at radius 3 is 2.65 bits per heavy atom. The van der Waals surface area contributed by atoms with Gasteiger partial charge in [-0.2, -0.15) is 0 Å². The largest absolute Gasteiger partial charge is 0.443 e. The number of likely N-dealkylation sites (N-methyl/N-ethyl adjacent to an activating group) is 1. The summed E-state index contributed by atoms with van der Waals surface area (Å²) in [6, 6.07) is 0. The van der Waals surface area contributed by atoms with Gasteiger partial charge in [0.05, 0.1) is 0 Å². The lowest BCUT2D eigenvalue weighted by atomic mass is 9.82. The third kappa shape index (κ3) is 4.29. The van der Waals surface area contributed by atoms with Crippen molar-refractivity contribution in [1.29, 1.82) is 0 Å². The summed E-state index contributed by atoms with van der Waals surface area (Å²) >= 11 is 0. The van der Waals surface area contributed by atoms with E-state index >= 15 is 0 Å². The van der Waals surface area contributed by atoms with E-state index in [2.05, 4.69) is 20.0 Å². The fourth-order valence-electron chi connectivity index (χ4n) is 1.65. The van der Waals surface area contributed by atoms with E-state index in [9.17, 15) is 4.79 Å². The van der Waals surface area contributed by atoms with E-state index in [0.29, 0.717) is 12.4 Å². The van der Waals surface area contributed by atoms with Gasteiger partial charge in [0.25, 0.3) is 0 Å². The lowest BCUT2D eigenvalue weighted by Crippen LogP contribution is -2.36. The molecule has 1 amide bonds. The van der Waals surface area contributed by atoms with Gasteiger partial charge in [-0.05, 0) is 46.0 Å². The van der Waals surface area contributed by atoms with Crippen LogP contribution in [-0.4, -0.2) is 31.0 Å². The van der Waals surface area contributed by atoms with E-state index in [0.717, 1.165) is 12.1 Å². The van der Waals surface area contributed by atoms with Crippen LogP contribution < -0.4 is 0 Å². The number of rotatable bonds is 2. The Kier molecular flexibility index (Phi) is 4.43. The molecule has 0 aromatic rings. The summed E-state index contributed by atoms with van der Waals surface area (Å²) in [5.41, 5.74) is 0.497. The first-order valence-electron chi connectivity index (χ1n) is 6.22. The lowest BCUT2D eigenvalue weighted by molar-refractivity contribution is 0.0327. The number of ether oxygens (including phenoxy) is 1. The molecular formula is C13H22BNO2. The monoisotopic (exact) mass is 235 g/mol. The average Bonchev–Trinajstić information content (AvgIpc) is 2.19. The molecule has 1 rings (SSSR count). The van der Waals surface area contributed by atoms with Gasteiger partial charge in [-0.3, -0.25) is 4.90 Å². The first-order chi connectivity index (χ1) is 7.83. The predicted molar refractivity (Wildman–Crippen MR) is 72.7 cm³/mol. The van der Waals surface area contributed by atoms with Crippen molar-refractivity contribution in [1.82, 2.24) is 4.90 Å². The Morgan fingerprint density at radius 2 is 2.24 bits per heavy atom. The Labute approximate surface area is 105 Å². The van der Waals surface area contributed by atoms with Gasteiger partial charge in [-0.1, -0.05) is 12.2 Å². The van der Waals surface area contributed by atoms with Crippen molar-refractivity contribution < 1.29 is 9.53 Å². The maximum absolute atomic E-state index is 12.0. The number of hydrogen-bond acceptors (Lipinski definition) is 2. The van der Waals surface area contributed by atoms with E-state index in [1.165, 1.54) is 0 Å². The number of carbonyl (C=O) groups is 1. The highest BCUT2D eigenvalue weighted by Crippen LogP contribution is 2.22. The van der Waals surface area contributed by atoms with Crippen LogP contribution in [0.5, 0.6) is 0 Å². The Hall–Kier alpha value is -1.19. The summed E-state index contributed by atoms with van der Waals surface area (Å²) < 4.78 is 5.38. The molecule has 4 heteroatoms. The molecule has 94 valence electrons. The third-order valence-corrected chi connectivity index (χ3v) is 2.54. The van der Waals surface area contributed by atoms with Gasteiger partial charge in [0, 0.05) is 12.2 Å². The number of carbonyl (C=O) groups excluding carboxylic acids is 1. The van der Waals surface area contributed by atoms with Crippen molar-refractivity contribution in [3.63, 3.8) is 0 Å². The maximum atomic E-state index is 12.0. The van der Waals surface area contributed by atoms with Crippen molar-refractivity contribution in [2.24, 2.45) is 0 Å². The number of nitrogens with zero attached hydrogens (tertiary/aromatic N) is 1. The van der Waals surface area contributed by atoms with Gasteiger partial charge in [-0.25, -0.2) is 4.79 Å². The van der Waals surface area contributed by atoms with Crippen LogP contribution in [0.4, 0.5) is 4.79 Å². The molecule has 0 heterocycles. The highest BCUT2D eigenvalue weighted by atomic mass is 16.6. The van der Waals surface area contributed by atoms with Gasteiger partial charge < -0.3 is 4.74 Å². The van der Waals surface area contributed by atoms with Crippen LogP contribution in [0.1, 0.15) is 34.1 Å². The SMILES string of the molecule is BC1C=CC(N(CC)C(=O)OC(C)(C)C)=CC1. The molecule has 1 unspecified atom stereocenters. The molecule has 0 spiro atoms. The molecule has 0 aromatic heterocycles. The number of allylic oxidation sites excluding steroid dienone is 3. The summed E-state index contributed by atoms with van der Waals surface area (Å²) in [6.07, 6.45) is 6.93. The number of hydrogen-bond donors (Lipinski definition) is 0. The van der Waals surface area contributed by atoms with Crippen LogP contribution in [0.2, 0.25) is 5.82 Å². The molecule has 17 heavy (non-hydrogen) atoms. The minimum atomic E-state index is -0.448. The molecule has 0 radical (unpaired) electrons. The quantitative estimate of drug-likeness (QED) is 0.688. The minimum absolute atomic E-state index is 0.273. The zero-order valence-electron chi connectivity index (χ0n) is 11.5. The van der Waals surface area contributed by atoms with Crippen LogP contribution in [0.15, 0.2) is 23.9 Å². The first kappa shape index (κ1) is 13.9. The second-order valence-corrected chi connectivity index (χ2v) is 5.43. The fourth-order valence-corrected chi connectivity index (χ4v) is 1.65. The molecular weight excluding hydrogens is 213 g/mol. The summed E-state index contributed by atoms with van der Waals surface area (Å²) in [7, 11) is 2.16. The minimum Gasteiger partial charge on any atom is -0.443 e. The molecule has 0 fully saturated rings. The van der Waals surface area contributed by atoms with Crippen molar-refractivity contribution in [2.75, 3.05) is 6.54 Å². The zero-order chi connectivity index (χ0) is 13.1. The Balaban J connectivity index is 2.72. The first-order valence-corrected chi connectivity index (χ1v) is 6.22. The maximum Gasteiger partial charge on any atom is 0.414 e. The summed E-state index contributed by atoms with van der Waals surface area (Å²) in [5.74, 6) is 0.552. The van der Waals surface area contributed by atoms with Gasteiger partial charge >= 0.3 is 6.09 Å². The van der Waals surface area contributed by atoms with Gasteiger partial charge in [0.2, 0.25) is 0 Å². The van der Waals surface area contributed by atoms with Gasteiger partial charge in [-0.15, -0.1) is 0 Å². The van der Waals surface area contributed by atoms with Gasteiger partial charge in [0.15, 0.2) is 0 Å². The lowest BCUT2D eigenvalue weighted by Gasteiger charge is -2.28. The number of amides is 1. The van der Waals surface area contributed by atoms with Crippen molar-refractivity contribution in [2.45, 2.75) is 45.5 Å². The molecule has 3 nitrogen and oxygen atoms in total. The van der Waals surface area contributed by atoms with E-state index in [-0.39, 0.29) is 6.09 Å². The summed E-state index contributed by atoms with van der Waals surface area (Å²) in [4.78, 5) is 13.7. The molecule has 0 saturated heterocycles. The highest BCUT2D eigenvalue weighted by molar-refractivity contribution is 6.13. The molecule has 1 aliphatic rings. The zero-order valence-corrected chi connectivity index (χ0v) is 11.5. The Morgan fingerprint density at radius 1 is 1.59 bits per heavy atom. The van der Waals surface area contributed by atoms with Crippen LogP contribution in [0.3, 0.4) is 0 Å². The molecule has 0 aromatic carbocycles. The molecule has 0 aliphatic heterocycles. The molecule has 1 aliphatic carbocycles. The average molecular weight is 235 g/mol. The van der Waals surface area contributed by atoms with Crippen molar-refractivity contribution in [3.05, 3.63) is 23.9 Å². The van der Waals surface area contributed by atoms with Crippen LogP contribution >= 0.6 is 0 Å². The third-order valence-electron chi connectivity index (χ3n) is 2.54. The molecule has 1 atom stereocenters. The van der Waals surface area contributed by atoms with Crippen LogP contribution in [0, 0.1) is 0 Å². The van der Waals surface area contributed by atoms with Crippen molar-refractivity contribution >= 4 is 13.9 Å². The van der Waals surface area contributed by atoms with Crippen molar-refractivity contribution in [3.8, 4) is 0 Å². The van der Waals surface area contributed by atoms with E-state index < -0.39 is 5.60 Å². The molecule has 0 N–H and O–H groups in total. The van der Waals surface area contributed by atoms with Crippen LogP contribution in [-0.2, 0) is 4.74 Å². The normalized spacial score (nSPS) is 19.8. The standard InChI is InChI=1S/C13H22BNO2/c1-5-15(12(16)17-13(2,3)4)11-8-6-10(14)7-9-11/h6,8-10H,5,7,14H2,1-4H3. The van der Waals surface area contributed by atoms with E-state index in [4.69, 9.17) is 4.74 Å². The predicted octanol–water partition coefficient (Wildman–Crippen LogP) is 2.51. The van der Waals surface area contributed by atoms with Gasteiger partial charge in [0.1, 0.15) is 13.4 Å². The second-order valence-electron chi connectivity index (χ2n) is 5.43. The van der Waals surface area contributed by atoms with E-state index in [1.54, 1.807) is 4.90 Å². The second kappa shape index (κ2) is 5.43. The van der Waals surface area contributed by atoms with Crippen LogP contribution in [0.25, 0.3) is 0 Å². The van der Waals surface area contributed by atoms with E-state index in [1.807, 2.05) is 33.8 Å². The summed E-state index contributed by atoms with van der Waals surface area (Å²) in [6.45, 7) is 8.22. The summed E-state index contributed by atoms with van der Waals surface area (Å²) in [5, 5.41) is 0. The Bertz CT molecular complexity index is 342.